The summed E-state index contributed by atoms with van der Waals surface area (Å²) in [6.07, 6.45) is -101. The minimum atomic E-state index is -5.68. The first-order chi connectivity index (χ1) is 63.3. The topological polar surface area (TPSA) is 948 Å². The molecule has 10 aliphatic rings. The number of carboxylic acids is 1. The van der Waals surface area contributed by atoms with Gasteiger partial charge in [0.05, 0.1) is 77.7 Å². The van der Waals surface area contributed by atoms with Crippen LogP contribution < -0.4 is 26.6 Å². The van der Waals surface area contributed by atoms with Crippen molar-refractivity contribution in [3.05, 3.63) is 0 Å². The molecule has 0 aliphatic carbocycles. The van der Waals surface area contributed by atoms with Crippen molar-refractivity contribution >= 4 is 45.9 Å². The van der Waals surface area contributed by atoms with Gasteiger partial charge in [-0.2, -0.15) is 8.42 Å². The van der Waals surface area contributed by atoms with Gasteiger partial charge in [0, 0.05) is 41.0 Å². The lowest BCUT2D eigenvalue weighted by Gasteiger charge is -2.51. The van der Waals surface area contributed by atoms with Crippen molar-refractivity contribution < 1.29 is 274 Å². The average Bonchev–Trinajstić information content (AvgIpc) is 0.765. The van der Waals surface area contributed by atoms with Gasteiger partial charge in [0.25, 0.3) is 5.79 Å². The van der Waals surface area contributed by atoms with Crippen LogP contribution in [0.15, 0.2) is 0 Å². The van der Waals surface area contributed by atoms with E-state index in [-0.39, 0.29) is 0 Å². The van der Waals surface area contributed by atoms with Crippen LogP contribution in [0.2, 0.25) is 0 Å². The summed E-state index contributed by atoms with van der Waals surface area (Å²) in [6, 6.07) is -9.71. The molecule has 10 rings (SSSR count). The molecule has 33 N–H and O–H groups in total. The highest BCUT2D eigenvalue weighted by Gasteiger charge is 2.63. The van der Waals surface area contributed by atoms with E-state index < -0.39 is 424 Å². The second-order valence-corrected chi connectivity index (χ2v) is 34.8. The molecule has 0 spiro atoms. The molecule has 10 heterocycles. The first-order valence-electron chi connectivity index (χ1n) is 42.3. The smallest absolute Gasteiger partial charge is 0.397 e. The van der Waals surface area contributed by atoms with Crippen LogP contribution in [-0.2, 0) is 133 Å². The van der Waals surface area contributed by atoms with E-state index in [0.29, 0.717) is 0 Å². The molecule has 10 aliphatic heterocycles. The zero-order valence-corrected chi connectivity index (χ0v) is 73.1. The van der Waals surface area contributed by atoms with Gasteiger partial charge in [-0.1, -0.05) is 0 Å². The maximum Gasteiger partial charge on any atom is 0.397 e. The zero-order chi connectivity index (χ0) is 100. The van der Waals surface area contributed by atoms with Crippen LogP contribution in [0.25, 0.3) is 0 Å². The molecule has 1 unspecified atom stereocenters. The van der Waals surface area contributed by atoms with Crippen LogP contribution >= 0.6 is 0 Å². The molecule has 0 saturated carbocycles. The SMILES string of the molecule is CC(=O)N[C@@H]1[C@H](O[C@@H]2[C@@H](O[C@@H]3[C@H](O)[C@H](O[C@H]4[C@H](O)[C@@H](NC(C)=O)[C@H](O[C@H]5[C@H](O)[C@@H](NC(C)=O)C(O)O[C@@H]5CO[C@@H]5O[C@@H](C)[C@@H](O)[C@@H](O)[C@@H]5O)O[C@@H]4CO)O[C@H](CO[C@H]4O[C@H](CO)[C@@H](O)[C@H](O)[C@@H]4O[C@@H]4O[C@H](CO)[C@@H](O)[C@H](O)[C@H]4NC(C)=O)[C@H]3O)O[C@H](CO)[C@@H](O)[C@@H]2O)O[C@H](COS(=O)(=O)O)[C@@H](O[C@@H]2O[C@H](CO[C@]3(C(=O)O)C[C@H](O)[C@@H](NC(C)=O)[C@H]([C@H](O)[C@H](O)CO)O3)[C@H](O)[C@H](O)[C@H]2O)[C@@H]1O. The van der Waals surface area contributed by atoms with E-state index in [1.54, 1.807) is 0 Å². The molecule has 780 valence electrons. The fraction of sp³-hybridized carbons (Fsp3) is 0.918. The van der Waals surface area contributed by atoms with Gasteiger partial charge in [0.15, 0.2) is 56.6 Å². The molecule has 0 radical (unpaired) electrons. The molecule has 0 bridgehead atoms. The summed E-state index contributed by atoms with van der Waals surface area (Å²) in [5.74, 6) is -10.1. The number of aliphatic hydroxyl groups excluding tert-OH is 26. The molecule has 62 heteroatoms. The highest BCUT2D eigenvalue weighted by atomic mass is 32.3. The molecule has 5 amide bonds. The van der Waals surface area contributed by atoms with E-state index in [1.165, 1.54) is 6.92 Å². The summed E-state index contributed by atoms with van der Waals surface area (Å²) >= 11 is 0. The Kier molecular flexibility index (Phi) is 39.7. The third-order valence-corrected chi connectivity index (χ3v) is 24.4. The number of carboxylic acid groups (broad SMARTS) is 1. The Morgan fingerprint density at radius 2 is 0.719 bits per heavy atom. The first-order valence-corrected chi connectivity index (χ1v) is 43.6. The predicted molar refractivity (Wildman–Crippen MR) is 414 cm³/mol. The van der Waals surface area contributed by atoms with Gasteiger partial charge in [0.2, 0.25) is 29.5 Å². The van der Waals surface area contributed by atoms with Gasteiger partial charge < -0.3 is 254 Å². The summed E-state index contributed by atoms with van der Waals surface area (Å²) in [7, 11) is -5.68. The molecule has 0 aromatic rings. The summed E-state index contributed by atoms with van der Waals surface area (Å²) in [6.45, 7) is -5.27. The molecular weight excluding hydrogens is 1870 g/mol. The van der Waals surface area contributed by atoms with E-state index in [0.717, 1.165) is 34.6 Å². The van der Waals surface area contributed by atoms with Gasteiger partial charge >= 0.3 is 16.4 Å². The second kappa shape index (κ2) is 47.9. The summed E-state index contributed by atoms with van der Waals surface area (Å²) in [5, 5.41) is 315. The van der Waals surface area contributed by atoms with Crippen LogP contribution in [0, 0.1) is 0 Å². The van der Waals surface area contributed by atoms with Crippen LogP contribution in [0.3, 0.4) is 0 Å². The number of carbonyl (C=O) groups excluding carboxylic acids is 5. The van der Waals surface area contributed by atoms with Crippen LogP contribution in [0.4, 0.5) is 0 Å². The molecule has 0 aromatic heterocycles. The number of aliphatic carboxylic acids is 1. The minimum absolute atomic E-state index is 0.789. The highest BCUT2D eigenvalue weighted by molar-refractivity contribution is 7.80. The number of hydrogen-bond acceptors (Lipinski definition) is 54. The minimum Gasteiger partial charge on any atom is -0.477 e. The Morgan fingerprint density at radius 1 is 0.356 bits per heavy atom. The van der Waals surface area contributed by atoms with E-state index in [2.05, 4.69) is 30.8 Å². The van der Waals surface area contributed by atoms with Crippen molar-refractivity contribution in [2.75, 3.05) is 59.5 Å². The van der Waals surface area contributed by atoms with Gasteiger partial charge in [-0.25, -0.2) is 8.98 Å². The standard InChI is InChI=1S/C73H121N5O56S/c1-17-38(91)49(102)53(106)67(119-17)115-14-31-57(46(99)34(63(109)120-31)75-19(3)85)128-65-36(77-21(5)87)47(100)56(28(12-83)124-65)129-69-55(108)60(44(97)29(125-69)13-116-70-61(51(104)41(94)26(10-81)122-70)132-64-35(76-20(4)86)45(98)40(93)25(9-80)121-64)131-71-62(52(105)42(95)27(11-82)123-71)133-66-37(78-22(6)88)48(101)58(32(127-66)16-118-135(112,113)114)130-68-54(107)50(103)43(96)30(126-68)15-117-73(72(110)111)7-23(89)33(74-18(2)84)59(134-73)39(92)24(90)8-79/h17,23-71,79-83,89-109H,7-16H2,1-6H3,(H,74,84)(H,75,85)(H,76,86)(H,77,87)(H,78,88)(H,110,111)(H,112,113,114)/t17-,23-,24+,25+,26+,27+,28+,29+,30+,31+,32+,33+,34+,35+,36+,37-,38+,39+,40+,41+,42+,43-,44+,45+,46+,47+,48+,49+,50-,51-,52-,53-,54+,55-,56+,57+,58+,59+,60-,61-,62-,63?,64-,65-,66-,67+,68-,69-,70-,71+,73+/m0/s1. The Balaban J connectivity index is 0.985. The Bertz CT molecular complexity index is 3950. The summed E-state index contributed by atoms with van der Waals surface area (Å²) in [4.78, 5) is 77.0. The van der Waals surface area contributed by atoms with E-state index >= 15 is 0 Å². The maximum absolute atomic E-state index is 13.3. The molecule has 10 saturated heterocycles. The van der Waals surface area contributed by atoms with Gasteiger partial charge in [-0.05, 0) is 6.92 Å². The maximum atomic E-state index is 13.3. The van der Waals surface area contributed by atoms with Gasteiger partial charge in [-0.15, -0.1) is 0 Å². The number of ether oxygens (including phenoxy) is 19. The number of hydrogen-bond donors (Lipinski definition) is 33. The quantitative estimate of drug-likeness (QED) is 0.0257. The lowest BCUT2D eigenvalue weighted by Crippen LogP contribution is -2.71. The average molecular weight is 2000 g/mol. The van der Waals surface area contributed by atoms with E-state index in [4.69, 9.17) is 90.0 Å². The molecule has 10 fully saturated rings. The third-order valence-electron chi connectivity index (χ3n) is 24.0. The zero-order valence-electron chi connectivity index (χ0n) is 72.3. The largest absolute Gasteiger partial charge is 0.477 e. The number of rotatable bonds is 37. The number of nitrogens with one attached hydrogen (secondary N) is 5. The van der Waals surface area contributed by atoms with Crippen molar-refractivity contribution in [3.63, 3.8) is 0 Å². The predicted octanol–water partition coefficient (Wildman–Crippen LogP) is -22.0. The van der Waals surface area contributed by atoms with E-state index in [1.807, 2.05) is 0 Å². The summed E-state index contributed by atoms with van der Waals surface area (Å²) in [5.41, 5.74) is 0. The van der Waals surface area contributed by atoms with Crippen LogP contribution in [0.1, 0.15) is 48.0 Å². The molecule has 135 heavy (non-hydrogen) atoms. The fourth-order valence-electron chi connectivity index (χ4n) is 16.9. The third kappa shape index (κ3) is 25.9. The second-order valence-electron chi connectivity index (χ2n) is 33.7. The number of amides is 5. The summed E-state index contributed by atoms with van der Waals surface area (Å²) < 4.78 is 152. The van der Waals surface area contributed by atoms with Gasteiger partial charge in [-0.3, -0.25) is 28.5 Å². The van der Waals surface area contributed by atoms with Gasteiger partial charge in [0.1, 0.15) is 232 Å². The Hall–Kier alpha value is -5.11. The van der Waals surface area contributed by atoms with Crippen molar-refractivity contribution in [3.8, 4) is 0 Å². The van der Waals surface area contributed by atoms with Crippen LogP contribution in [-0.4, -0.2) is 558 Å². The van der Waals surface area contributed by atoms with Crippen molar-refractivity contribution in [2.24, 2.45) is 0 Å². The highest BCUT2D eigenvalue weighted by Crippen LogP contribution is 2.42. The monoisotopic (exact) mass is 2000 g/mol. The van der Waals surface area contributed by atoms with Crippen LogP contribution in [0.5, 0.6) is 0 Å². The first kappa shape index (κ1) is 112. The Morgan fingerprint density at radius 3 is 1.21 bits per heavy atom. The number of carbonyl (C=O) groups is 6. The lowest BCUT2D eigenvalue weighted by molar-refractivity contribution is -0.399. The lowest BCUT2D eigenvalue weighted by atomic mass is 9.88. The van der Waals surface area contributed by atoms with Crippen molar-refractivity contribution in [1.29, 1.82) is 0 Å². The molecule has 61 nitrogen and oxygen atoms in total. The van der Waals surface area contributed by atoms with Crippen molar-refractivity contribution in [1.82, 2.24) is 26.6 Å². The molecular formula is C73H121N5O56S. The molecule has 51 atom stereocenters. The number of aliphatic hydroxyl groups is 26. The Labute approximate surface area is 763 Å². The normalized spacial score (nSPS) is 46.6. The fourth-order valence-corrected chi connectivity index (χ4v) is 17.2. The molecule has 0 aromatic carbocycles. The van der Waals surface area contributed by atoms with Crippen molar-refractivity contribution in [2.45, 2.75) is 360 Å². The van der Waals surface area contributed by atoms with E-state index in [9.17, 15) is 180 Å².